The van der Waals surface area contributed by atoms with Gasteiger partial charge in [0, 0.05) is 32.4 Å². The lowest BCUT2D eigenvalue weighted by Crippen LogP contribution is -2.62. The molecule has 0 saturated carbocycles. The third kappa shape index (κ3) is 37.7. The predicted molar refractivity (Wildman–Crippen MR) is 509 cm³/mol. The topological polar surface area (TPSA) is 612 Å². The summed E-state index contributed by atoms with van der Waals surface area (Å²) in [5, 5.41) is 47.2. The number of aliphatic hydroxyl groups excluding tert-OH is 1. The number of nitrogens with two attached hydrogens (primary N) is 6. The average molecular weight is 1880 g/mol. The standard InChI is InChI=1S/C96H155N21O17/c1-11-60(8)79(93(131)107-68(41-25-29-47-99)84(122)112-75(57-118)95(133)116-49-31-43-76(116)92(130)111-70(51-58(4)5)86(124)109-73(54-64-35-19-15-20-36-64)88(126)104-66(82(102)120)39-23-27-45-97)114-94(132)80(61(9)12-2)113-85(123)69(42-26-30-48-100)106-91(129)77-44-32-50-117(77)96(134)81(62(10)13-3)115-90(128)71(52-59(6)7)108-83(121)67(40-24-28-46-98)105-89(127)74(55-65-37-21-16-22-38-65)110-87(125)72(103-78(119)56-101)53-63-33-17-14-18-34-63/h14-22,33-38,58-62,66-77,79-81,118H,11-13,23-32,39-57,97-101H2,1-10H3,(H2,102,120)(H,103,119)(H,104,126)(H,105,127)(H,106,129)(H,107,131)(H,108,121)(H,109,124)(H,110,125)(H,111,130)(H,112,122)(H,113,123)(H,114,132)(H,115,128)/t60-,61-,62-,66-,67+,68+,69-,70-,71-,72-,73-,74-,75-,76-,77-,79-,80-,81-/m0/s1. The van der Waals surface area contributed by atoms with Crippen LogP contribution < -0.4 is 104 Å². The molecule has 38 heteroatoms. The second-order valence-corrected chi connectivity index (χ2v) is 36.4. The molecule has 0 bridgehead atoms. The maximum absolute atomic E-state index is 15.2. The zero-order valence-electron chi connectivity index (χ0n) is 80.2. The van der Waals surface area contributed by atoms with Crippen molar-refractivity contribution in [2.24, 2.45) is 64.0 Å². The van der Waals surface area contributed by atoms with E-state index in [2.05, 4.69) is 69.1 Å². The van der Waals surface area contributed by atoms with E-state index in [-0.39, 0.29) is 115 Å². The number of rotatable bonds is 62. The number of benzene rings is 3. The van der Waals surface area contributed by atoms with Gasteiger partial charge in [0.2, 0.25) is 94.5 Å². The number of hydrogen-bond donors (Lipinski definition) is 20. The second kappa shape index (κ2) is 60.3. The molecule has 3 aromatic carbocycles. The van der Waals surface area contributed by atoms with E-state index in [9.17, 15) is 77.0 Å². The molecule has 2 fully saturated rings. The van der Waals surface area contributed by atoms with Gasteiger partial charge in [-0.05, 0) is 188 Å². The molecule has 2 heterocycles. The Kier molecular flexibility index (Phi) is 51.1. The Hall–Kier alpha value is -11.1. The van der Waals surface area contributed by atoms with Crippen LogP contribution in [0, 0.1) is 29.6 Å². The maximum atomic E-state index is 15.2. The number of primary amides is 1. The van der Waals surface area contributed by atoms with Crippen LogP contribution in [0.3, 0.4) is 0 Å². The van der Waals surface area contributed by atoms with Gasteiger partial charge in [0.25, 0.3) is 0 Å². The van der Waals surface area contributed by atoms with Crippen molar-refractivity contribution in [1.82, 2.24) is 78.9 Å². The van der Waals surface area contributed by atoms with E-state index < -0.39 is 216 Å². The fraction of sp³-hybridized carbons (Fsp3) is 0.646. The fourth-order valence-electron chi connectivity index (χ4n) is 16.3. The van der Waals surface area contributed by atoms with Crippen molar-refractivity contribution in [2.75, 3.05) is 52.4 Å². The van der Waals surface area contributed by atoms with Gasteiger partial charge in [-0.3, -0.25) is 76.7 Å². The molecule has 26 N–H and O–H groups in total. The minimum Gasteiger partial charge on any atom is -0.394 e. The summed E-state index contributed by atoms with van der Waals surface area (Å²) < 4.78 is 0. The molecule has 134 heavy (non-hydrogen) atoms. The molecule has 38 nitrogen and oxygen atoms in total. The summed E-state index contributed by atoms with van der Waals surface area (Å²) in [7, 11) is 0. The van der Waals surface area contributed by atoms with Crippen molar-refractivity contribution in [3.8, 4) is 0 Å². The number of nitrogens with one attached hydrogen (secondary N) is 13. The fourth-order valence-corrected chi connectivity index (χ4v) is 16.3. The summed E-state index contributed by atoms with van der Waals surface area (Å²) in [5.41, 5.74) is 36.9. The molecular formula is C96H155N21O17. The molecular weight excluding hydrogens is 1720 g/mol. The van der Waals surface area contributed by atoms with Gasteiger partial charge in [-0.15, -0.1) is 0 Å². The van der Waals surface area contributed by atoms with Crippen molar-refractivity contribution in [3.63, 3.8) is 0 Å². The normalized spacial score (nSPS) is 17.2. The Morgan fingerprint density at radius 1 is 0.336 bits per heavy atom. The van der Waals surface area contributed by atoms with Gasteiger partial charge in [-0.1, -0.05) is 179 Å². The molecule has 746 valence electrons. The van der Waals surface area contributed by atoms with Gasteiger partial charge < -0.3 is 118 Å². The van der Waals surface area contributed by atoms with E-state index >= 15 is 4.79 Å². The Morgan fingerprint density at radius 3 is 1.00 bits per heavy atom. The van der Waals surface area contributed by atoms with E-state index in [0.717, 1.165) is 5.56 Å². The number of unbranched alkanes of at least 4 members (excludes halogenated alkanes) is 4. The molecule has 0 spiro atoms. The van der Waals surface area contributed by atoms with E-state index in [1.54, 1.807) is 126 Å². The summed E-state index contributed by atoms with van der Waals surface area (Å²) in [6.07, 6.45) is 5.84. The van der Waals surface area contributed by atoms with Crippen molar-refractivity contribution in [1.29, 1.82) is 0 Å². The van der Waals surface area contributed by atoms with Gasteiger partial charge >= 0.3 is 0 Å². The smallest absolute Gasteiger partial charge is 0.248 e. The SMILES string of the molecule is CC[C@H](C)[C@H](NC(=O)[C@H](CCCCN)NC(=O)[C@@H]1CCCN1C(=O)[C@@H](NC(=O)[C@H](CC(C)C)NC(=O)[C@@H](CCCCN)NC(=O)[C@H](Cc1ccccc1)NC(=O)[C@H](Cc1ccccc1)NC(=O)CN)[C@@H](C)CC)C(=O)N[C@H](C(=O)N[C@H](CCCCN)C(=O)N[C@@H](CO)C(=O)N1CCC[C@H]1C(=O)N[C@@H](CC(C)C)C(=O)N[C@@H](Cc1ccccc1)C(=O)N[C@@H](CCCCN)C(N)=O)[C@@H](C)CC. The average Bonchev–Trinajstić information content (AvgIpc) is 1.66. The molecule has 0 radical (unpaired) electrons. The Morgan fingerprint density at radius 2 is 0.619 bits per heavy atom. The summed E-state index contributed by atoms with van der Waals surface area (Å²) in [4.78, 5) is 234. The summed E-state index contributed by atoms with van der Waals surface area (Å²) in [5.74, 6) is -13.9. The largest absolute Gasteiger partial charge is 0.394 e. The van der Waals surface area contributed by atoms with Crippen molar-refractivity contribution >= 4 is 94.5 Å². The molecule has 0 aromatic heterocycles. The second-order valence-electron chi connectivity index (χ2n) is 36.4. The third-order valence-electron chi connectivity index (χ3n) is 24.8. The first kappa shape index (κ1) is 113. The molecule has 0 unspecified atom stereocenters. The van der Waals surface area contributed by atoms with Gasteiger partial charge in [0.05, 0.1) is 13.2 Å². The lowest BCUT2D eigenvalue weighted by molar-refractivity contribution is -0.144. The summed E-state index contributed by atoms with van der Waals surface area (Å²) in [6, 6.07) is 7.52. The number of carbonyl (C=O) groups excluding carboxylic acids is 16. The molecule has 3 aromatic rings. The maximum Gasteiger partial charge on any atom is 0.248 e. The highest BCUT2D eigenvalue weighted by molar-refractivity contribution is 6.01. The molecule has 0 aliphatic carbocycles. The van der Waals surface area contributed by atoms with Gasteiger partial charge in [0.1, 0.15) is 90.6 Å². The van der Waals surface area contributed by atoms with E-state index in [1.165, 1.54) is 9.80 Å². The highest BCUT2D eigenvalue weighted by Gasteiger charge is 2.45. The van der Waals surface area contributed by atoms with E-state index in [4.69, 9.17) is 34.4 Å². The van der Waals surface area contributed by atoms with Crippen LogP contribution in [0.4, 0.5) is 0 Å². The van der Waals surface area contributed by atoms with Crippen LogP contribution in [0.5, 0.6) is 0 Å². The van der Waals surface area contributed by atoms with Crippen LogP contribution >= 0.6 is 0 Å². The third-order valence-corrected chi connectivity index (χ3v) is 24.8. The van der Waals surface area contributed by atoms with Gasteiger partial charge in [0.15, 0.2) is 0 Å². The van der Waals surface area contributed by atoms with Crippen LogP contribution in [-0.2, 0) is 96.0 Å². The van der Waals surface area contributed by atoms with Crippen LogP contribution in [-0.4, -0.2) is 252 Å². The minimum absolute atomic E-state index is 0.00492. The Balaban J connectivity index is 1.33. The molecule has 16 amide bonds. The number of hydrogen-bond acceptors (Lipinski definition) is 22. The zero-order chi connectivity index (χ0) is 99.1. The molecule has 18 atom stereocenters. The number of aliphatic hydroxyl groups is 1. The van der Waals surface area contributed by atoms with Crippen molar-refractivity contribution in [3.05, 3.63) is 108 Å². The summed E-state index contributed by atoms with van der Waals surface area (Å²) in [6.45, 7) is 17.7. The zero-order valence-corrected chi connectivity index (χ0v) is 80.2. The highest BCUT2D eigenvalue weighted by atomic mass is 16.3. The van der Waals surface area contributed by atoms with Crippen molar-refractivity contribution < 1.29 is 81.8 Å². The monoisotopic (exact) mass is 1870 g/mol. The van der Waals surface area contributed by atoms with Crippen LogP contribution in [0.25, 0.3) is 0 Å². The van der Waals surface area contributed by atoms with Crippen LogP contribution in [0.2, 0.25) is 0 Å². The minimum atomic E-state index is -1.65. The van der Waals surface area contributed by atoms with E-state index in [1.807, 2.05) is 34.6 Å². The number of nitrogens with zero attached hydrogens (tertiary/aromatic N) is 2. The van der Waals surface area contributed by atoms with Crippen LogP contribution in [0.1, 0.15) is 221 Å². The lowest BCUT2D eigenvalue weighted by atomic mass is 9.94. The molecule has 2 saturated heterocycles. The predicted octanol–water partition coefficient (Wildman–Crippen LogP) is 0.182. The Bertz CT molecular complexity index is 4230. The highest BCUT2D eigenvalue weighted by Crippen LogP contribution is 2.26. The van der Waals surface area contributed by atoms with Gasteiger partial charge in [-0.2, -0.15) is 0 Å². The molecule has 2 aliphatic rings. The number of likely N-dealkylation sites (tertiary alicyclic amines) is 2. The quantitative estimate of drug-likeness (QED) is 0.0335. The number of amides is 16. The van der Waals surface area contributed by atoms with E-state index in [0.29, 0.717) is 101 Å². The summed E-state index contributed by atoms with van der Waals surface area (Å²) >= 11 is 0. The molecule has 5 rings (SSSR count). The first-order chi connectivity index (χ1) is 64.0. The Labute approximate surface area is 789 Å². The van der Waals surface area contributed by atoms with Crippen molar-refractivity contribution in [2.45, 2.75) is 314 Å². The van der Waals surface area contributed by atoms with Crippen LogP contribution in [0.15, 0.2) is 91.0 Å². The first-order valence-corrected chi connectivity index (χ1v) is 48.1. The lowest BCUT2D eigenvalue weighted by Gasteiger charge is -2.33. The first-order valence-electron chi connectivity index (χ1n) is 48.1. The van der Waals surface area contributed by atoms with Gasteiger partial charge in [-0.25, -0.2) is 0 Å². The molecule has 2 aliphatic heterocycles. The number of carbonyl (C=O) groups is 16.